The first kappa shape index (κ1) is 34.6. The summed E-state index contributed by atoms with van der Waals surface area (Å²) in [5.74, 6) is -0.435. The van der Waals surface area contributed by atoms with Gasteiger partial charge in [-0.1, -0.05) is 117 Å². The fourth-order valence-electron chi connectivity index (χ4n) is 5.51. The van der Waals surface area contributed by atoms with Crippen LogP contribution < -0.4 is 10.6 Å². The molecule has 6 nitrogen and oxygen atoms in total. The van der Waals surface area contributed by atoms with Crippen molar-refractivity contribution in [3.05, 3.63) is 137 Å². The molecule has 0 unspecified atom stereocenters. The Morgan fingerprint density at radius 3 is 1.83 bits per heavy atom. The number of ether oxygens (including phenoxy) is 1. The third-order valence-corrected chi connectivity index (χ3v) is 9.42. The summed E-state index contributed by atoms with van der Waals surface area (Å²) in [7, 11) is 0. The summed E-state index contributed by atoms with van der Waals surface area (Å²) in [6.45, 7) is 8.08. The summed E-state index contributed by atoms with van der Waals surface area (Å²) in [5, 5.41) is 16.3. The van der Waals surface area contributed by atoms with Crippen LogP contribution >= 0.6 is 11.8 Å². The number of carboxylic acids is 1. The number of nitrogens with one attached hydrogen (secondary N) is 2. The van der Waals surface area contributed by atoms with Gasteiger partial charge in [-0.3, -0.25) is 0 Å². The number of aromatic carboxylic acids is 1. The summed E-state index contributed by atoms with van der Waals surface area (Å²) in [5.41, 5.74) is 4.81. The molecule has 4 rings (SSSR count). The number of unbranched alkanes of at least 4 members (excludes halogenated alkanes) is 2. The molecule has 1 atom stereocenters. The molecule has 46 heavy (non-hydrogen) atoms. The molecule has 1 amide bonds. The molecule has 0 heterocycles. The van der Waals surface area contributed by atoms with Gasteiger partial charge in [0.1, 0.15) is 5.60 Å². The van der Waals surface area contributed by atoms with Crippen LogP contribution in [0.1, 0.15) is 79.6 Å². The van der Waals surface area contributed by atoms with E-state index in [9.17, 15) is 14.7 Å². The molecule has 0 fully saturated rings. The number of anilines is 1. The number of carbonyl (C=O) groups is 2. The molecule has 4 aromatic rings. The van der Waals surface area contributed by atoms with E-state index in [0.29, 0.717) is 12.3 Å². The lowest BCUT2D eigenvalue weighted by Gasteiger charge is -2.37. The van der Waals surface area contributed by atoms with Gasteiger partial charge in [0.2, 0.25) is 0 Å². The highest BCUT2D eigenvalue weighted by molar-refractivity contribution is 8.00. The zero-order valence-corrected chi connectivity index (χ0v) is 28.1. The predicted octanol–water partition coefficient (Wildman–Crippen LogP) is 9.15. The van der Waals surface area contributed by atoms with Crippen LogP contribution in [0.15, 0.2) is 109 Å². The number of benzene rings is 4. The number of rotatable bonds is 15. The van der Waals surface area contributed by atoms with E-state index in [0.717, 1.165) is 53.6 Å². The van der Waals surface area contributed by atoms with E-state index in [1.165, 1.54) is 0 Å². The van der Waals surface area contributed by atoms with Gasteiger partial charge >= 0.3 is 12.1 Å². The van der Waals surface area contributed by atoms with E-state index in [2.05, 4.69) is 90.4 Å². The van der Waals surface area contributed by atoms with E-state index in [4.69, 9.17) is 4.74 Å². The Balaban J connectivity index is 1.71. The standard InChI is InChI=1S/C39H46N2O4S/c1-5-6-10-17-29-24-25-30(36(42)43)26-35(29)40-27-34(41-37(44)45-38(2,3)4)28-46-39(31-18-11-7-12-19-31,32-20-13-8-14-21-32)33-22-15-9-16-23-33/h7-9,11-16,18-26,34,40H,5-6,10,17,27-28H2,1-4H3,(H,41,44)(H,42,43)/t34-/m1/s1. The van der Waals surface area contributed by atoms with Crippen molar-refractivity contribution in [1.82, 2.24) is 5.32 Å². The molecule has 242 valence electrons. The lowest BCUT2D eigenvalue weighted by Crippen LogP contribution is -2.45. The maximum absolute atomic E-state index is 13.2. The first-order valence-electron chi connectivity index (χ1n) is 16.0. The highest BCUT2D eigenvalue weighted by Gasteiger charge is 2.38. The van der Waals surface area contributed by atoms with E-state index in [1.807, 2.05) is 45.0 Å². The molecule has 3 N–H and O–H groups in total. The second-order valence-electron chi connectivity index (χ2n) is 12.4. The molecule has 0 saturated heterocycles. The molecule has 0 radical (unpaired) electrons. The van der Waals surface area contributed by atoms with Gasteiger partial charge < -0.3 is 20.5 Å². The van der Waals surface area contributed by atoms with E-state index in [1.54, 1.807) is 23.9 Å². The van der Waals surface area contributed by atoms with E-state index >= 15 is 0 Å². The Labute approximate surface area is 278 Å². The second-order valence-corrected chi connectivity index (χ2v) is 13.7. The van der Waals surface area contributed by atoms with Gasteiger partial charge in [-0.25, -0.2) is 9.59 Å². The molecule has 0 aliphatic rings. The maximum atomic E-state index is 13.2. The second kappa shape index (κ2) is 16.4. The summed E-state index contributed by atoms with van der Waals surface area (Å²) in [4.78, 5) is 25.0. The van der Waals surface area contributed by atoms with Gasteiger partial charge in [0.05, 0.1) is 16.4 Å². The average Bonchev–Trinajstić information content (AvgIpc) is 3.05. The number of hydrogen-bond acceptors (Lipinski definition) is 5. The third-order valence-electron chi connectivity index (χ3n) is 7.71. The van der Waals surface area contributed by atoms with Crippen molar-refractivity contribution in [2.75, 3.05) is 17.6 Å². The zero-order chi connectivity index (χ0) is 33.0. The van der Waals surface area contributed by atoms with Crippen LogP contribution in [-0.4, -0.2) is 41.1 Å². The van der Waals surface area contributed by atoms with Crippen LogP contribution in [0.3, 0.4) is 0 Å². The average molecular weight is 639 g/mol. The Morgan fingerprint density at radius 1 is 0.804 bits per heavy atom. The SMILES string of the molecule is CCCCCc1ccc(C(=O)O)cc1NC[C@H](CSC(c1ccccc1)(c1ccccc1)c1ccccc1)NC(=O)OC(C)(C)C. The van der Waals surface area contributed by atoms with Crippen LogP contribution in [-0.2, 0) is 15.9 Å². The van der Waals surface area contributed by atoms with Crippen molar-refractivity contribution in [2.24, 2.45) is 0 Å². The van der Waals surface area contributed by atoms with Gasteiger partial charge in [-0.05, 0) is 68.0 Å². The fraction of sp³-hybridized carbons (Fsp3) is 0.333. The first-order chi connectivity index (χ1) is 22.1. The van der Waals surface area contributed by atoms with Crippen LogP contribution in [0, 0.1) is 0 Å². The largest absolute Gasteiger partial charge is 0.478 e. The van der Waals surface area contributed by atoms with Crippen molar-refractivity contribution in [3.8, 4) is 0 Å². The number of aryl methyl sites for hydroxylation is 1. The molecule has 0 saturated carbocycles. The summed E-state index contributed by atoms with van der Waals surface area (Å²) in [6, 6.07) is 36.3. The van der Waals surface area contributed by atoms with Crippen molar-refractivity contribution < 1.29 is 19.4 Å². The molecule has 4 aromatic carbocycles. The number of thioether (sulfide) groups is 1. The van der Waals surface area contributed by atoms with Gasteiger partial charge in [-0.2, -0.15) is 0 Å². The fourth-order valence-corrected chi connectivity index (χ4v) is 7.07. The number of alkyl carbamates (subject to hydrolysis) is 1. The van der Waals surface area contributed by atoms with Crippen LogP contribution in [0.4, 0.5) is 10.5 Å². The summed E-state index contributed by atoms with van der Waals surface area (Å²) in [6.07, 6.45) is 3.56. The van der Waals surface area contributed by atoms with Crippen molar-refractivity contribution in [1.29, 1.82) is 0 Å². The van der Waals surface area contributed by atoms with Gasteiger partial charge in [0, 0.05) is 18.0 Å². The van der Waals surface area contributed by atoms with E-state index in [-0.39, 0.29) is 11.6 Å². The van der Waals surface area contributed by atoms with Gasteiger partial charge in [0.15, 0.2) is 0 Å². The predicted molar refractivity (Wildman–Crippen MR) is 190 cm³/mol. The summed E-state index contributed by atoms with van der Waals surface area (Å²) >= 11 is 1.76. The minimum Gasteiger partial charge on any atom is -0.478 e. The minimum atomic E-state index is -0.972. The molecule has 7 heteroatoms. The maximum Gasteiger partial charge on any atom is 0.407 e. The van der Waals surface area contributed by atoms with E-state index < -0.39 is 22.4 Å². The highest BCUT2D eigenvalue weighted by atomic mass is 32.2. The lowest BCUT2D eigenvalue weighted by molar-refractivity contribution is 0.0511. The zero-order valence-electron chi connectivity index (χ0n) is 27.3. The van der Waals surface area contributed by atoms with Gasteiger partial charge in [0.25, 0.3) is 0 Å². The molecule has 0 aliphatic heterocycles. The Bertz CT molecular complexity index is 1440. The third kappa shape index (κ3) is 9.39. The monoisotopic (exact) mass is 638 g/mol. The molecule has 0 aliphatic carbocycles. The number of carboxylic acid groups (broad SMARTS) is 1. The Hall–Kier alpha value is -4.23. The Kier molecular flexibility index (Phi) is 12.3. The number of amides is 1. The molecule has 0 bridgehead atoms. The molecule has 0 aromatic heterocycles. The van der Waals surface area contributed by atoms with Crippen molar-refractivity contribution in [2.45, 2.75) is 69.8 Å². The van der Waals surface area contributed by atoms with Crippen LogP contribution in [0.5, 0.6) is 0 Å². The smallest absolute Gasteiger partial charge is 0.407 e. The van der Waals surface area contributed by atoms with Crippen LogP contribution in [0.25, 0.3) is 0 Å². The van der Waals surface area contributed by atoms with Crippen molar-refractivity contribution in [3.63, 3.8) is 0 Å². The topological polar surface area (TPSA) is 87.7 Å². The number of carbonyl (C=O) groups excluding carboxylic acids is 1. The molecular formula is C39H46N2O4S. The van der Waals surface area contributed by atoms with Crippen LogP contribution in [0.2, 0.25) is 0 Å². The summed E-state index contributed by atoms with van der Waals surface area (Å²) < 4.78 is 5.12. The lowest BCUT2D eigenvalue weighted by atomic mass is 9.84. The van der Waals surface area contributed by atoms with Crippen molar-refractivity contribution >= 4 is 29.5 Å². The molecule has 0 spiro atoms. The number of hydrogen-bond donors (Lipinski definition) is 3. The quantitative estimate of drug-likeness (QED) is 0.0889. The first-order valence-corrected chi connectivity index (χ1v) is 17.0. The Morgan fingerprint density at radius 2 is 1.35 bits per heavy atom. The highest BCUT2D eigenvalue weighted by Crippen LogP contribution is 2.48. The minimum absolute atomic E-state index is 0.226. The molecular weight excluding hydrogens is 593 g/mol. The van der Waals surface area contributed by atoms with Gasteiger partial charge in [-0.15, -0.1) is 11.8 Å². The normalized spacial score (nSPS) is 12.3.